The van der Waals surface area contributed by atoms with Gasteiger partial charge in [-0.05, 0) is 14.0 Å². The van der Waals surface area contributed by atoms with Crippen LogP contribution in [0, 0.1) is 6.92 Å². The van der Waals surface area contributed by atoms with Crippen molar-refractivity contribution in [1.29, 1.82) is 0 Å². The third kappa shape index (κ3) is 1.86. The molecule has 1 atom stereocenters. The molecule has 13 heavy (non-hydrogen) atoms. The van der Waals surface area contributed by atoms with Crippen molar-refractivity contribution in [1.82, 2.24) is 15.1 Å². The molecule has 1 aromatic rings. The Morgan fingerprint density at radius 1 is 1.77 bits per heavy atom. The summed E-state index contributed by atoms with van der Waals surface area (Å²) in [6, 6.07) is -0.673. The van der Waals surface area contributed by atoms with Gasteiger partial charge in [-0.15, -0.1) is 0 Å². The minimum Gasteiger partial charge on any atom is -0.480 e. The molecule has 0 spiro atoms. The van der Waals surface area contributed by atoms with Crippen LogP contribution < -0.4 is 5.32 Å². The Balaban J connectivity index is 3.04. The standard InChI is InChI=1S/C8H13N3O2/c1-5-6(4-11(3)10-5)7(9-2)8(12)13/h4,7,9H,1-3H3,(H,12,13). The molecular formula is C8H13N3O2. The average Bonchev–Trinajstić information content (AvgIpc) is 2.31. The Kier molecular flexibility index (Phi) is 2.67. The minimum atomic E-state index is -0.890. The Hall–Kier alpha value is -1.36. The normalized spacial score (nSPS) is 12.8. The van der Waals surface area contributed by atoms with E-state index < -0.39 is 12.0 Å². The van der Waals surface area contributed by atoms with E-state index >= 15 is 0 Å². The summed E-state index contributed by atoms with van der Waals surface area (Å²) in [5.41, 5.74) is 1.45. The van der Waals surface area contributed by atoms with Gasteiger partial charge in [-0.1, -0.05) is 0 Å². The smallest absolute Gasteiger partial charge is 0.325 e. The van der Waals surface area contributed by atoms with E-state index in [4.69, 9.17) is 5.11 Å². The first kappa shape index (κ1) is 9.73. The lowest BCUT2D eigenvalue weighted by Crippen LogP contribution is -2.25. The van der Waals surface area contributed by atoms with Gasteiger partial charge in [-0.3, -0.25) is 9.48 Å². The van der Waals surface area contributed by atoms with E-state index in [-0.39, 0.29) is 0 Å². The van der Waals surface area contributed by atoms with Gasteiger partial charge < -0.3 is 10.4 Å². The van der Waals surface area contributed by atoms with Crippen LogP contribution in [0.5, 0.6) is 0 Å². The Labute approximate surface area is 76.4 Å². The van der Waals surface area contributed by atoms with Gasteiger partial charge in [0.2, 0.25) is 0 Å². The summed E-state index contributed by atoms with van der Waals surface area (Å²) >= 11 is 0. The number of aliphatic carboxylic acids is 1. The first-order valence-electron chi connectivity index (χ1n) is 3.96. The quantitative estimate of drug-likeness (QED) is 0.696. The van der Waals surface area contributed by atoms with Crippen LogP contribution in [-0.4, -0.2) is 27.9 Å². The molecular weight excluding hydrogens is 170 g/mol. The zero-order valence-corrected chi connectivity index (χ0v) is 7.90. The predicted molar refractivity (Wildman–Crippen MR) is 47.4 cm³/mol. The van der Waals surface area contributed by atoms with Crippen molar-refractivity contribution in [3.8, 4) is 0 Å². The lowest BCUT2D eigenvalue weighted by molar-refractivity contribution is -0.139. The van der Waals surface area contributed by atoms with Crippen LogP contribution >= 0.6 is 0 Å². The molecule has 1 heterocycles. The number of likely N-dealkylation sites (N-methyl/N-ethyl adjacent to an activating group) is 1. The van der Waals surface area contributed by atoms with E-state index in [0.29, 0.717) is 5.56 Å². The van der Waals surface area contributed by atoms with Gasteiger partial charge >= 0.3 is 5.97 Å². The van der Waals surface area contributed by atoms with Crippen molar-refractivity contribution >= 4 is 5.97 Å². The molecule has 2 N–H and O–H groups in total. The number of rotatable bonds is 3. The van der Waals surface area contributed by atoms with E-state index in [1.54, 1.807) is 31.9 Å². The first-order chi connectivity index (χ1) is 6.06. The number of nitrogens with one attached hydrogen (secondary N) is 1. The van der Waals surface area contributed by atoms with E-state index in [1.807, 2.05) is 0 Å². The van der Waals surface area contributed by atoms with Gasteiger partial charge in [0.15, 0.2) is 0 Å². The van der Waals surface area contributed by atoms with Gasteiger partial charge in [-0.25, -0.2) is 0 Å². The highest BCUT2D eigenvalue weighted by atomic mass is 16.4. The Morgan fingerprint density at radius 2 is 2.38 bits per heavy atom. The number of nitrogens with zero attached hydrogens (tertiary/aromatic N) is 2. The summed E-state index contributed by atoms with van der Waals surface area (Å²) in [5, 5.41) is 15.7. The number of hydrogen-bond acceptors (Lipinski definition) is 3. The van der Waals surface area contributed by atoms with Crippen molar-refractivity contribution in [2.45, 2.75) is 13.0 Å². The van der Waals surface area contributed by atoms with Crippen LogP contribution in [0.15, 0.2) is 6.20 Å². The third-order valence-corrected chi connectivity index (χ3v) is 1.90. The van der Waals surface area contributed by atoms with Crippen molar-refractivity contribution in [3.05, 3.63) is 17.5 Å². The van der Waals surface area contributed by atoms with Gasteiger partial charge in [0.25, 0.3) is 0 Å². The summed E-state index contributed by atoms with van der Waals surface area (Å²) in [5.74, 6) is -0.890. The molecule has 0 saturated carbocycles. The maximum Gasteiger partial charge on any atom is 0.325 e. The maximum atomic E-state index is 10.8. The van der Waals surface area contributed by atoms with Gasteiger partial charge in [0, 0.05) is 18.8 Å². The number of aromatic nitrogens is 2. The van der Waals surface area contributed by atoms with Crippen molar-refractivity contribution in [2.75, 3.05) is 7.05 Å². The zero-order valence-electron chi connectivity index (χ0n) is 7.90. The summed E-state index contributed by atoms with van der Waals surface area (Å²) in [4.78, 5) is 10.8. The van der Waals surface area contributed by atoms with Gasteiger partial charge in [0.05, 0.1) is 5.69 Å². The number of carbonyl (C=O) groups is 1. The molecule has 0 saturated heterocycles. The summed E-state index contributed by atoms with van der Waals surface area (Å²) in [6.45, 7) is 1.79. The molecule has 72 valence electrons. The van der Waals surface area contributed by atoms with Crippen LogP contribution in [0.1, 0.15) is 17.3 Å². The summed E-state index contributed by atoms with van der Waals surface area (Å²) in [6.07, 6.45) is 1.71. The molecule has 1 aromatic heterocycles. The largest absolute Gasteiger partial charge is 0.480 e. The number of hydrogen-bond donors (Lipinski definition) is 2. The van der Waals surface area contributed by atoms with E-state index in [9.17, 15) is 4.79 Å². The second kappa shape index (κ2) is 3.57. The summed E-state index contributed by atoms with van der Waals surface area (Å²) in [7, 11) is 3.39. The monoisotopic (exact) mass is 183 g/mol. The molecule has 5 heteroatoms. The highest BCUT2D eigenvalue weighted by Gasteiger charge is 2.21. The molecule has 0 aliphatic carbocycles. The molecule has 0 fully saturated rings. The van der Waals surface area contributed by atoms with Crippen LogP contribution in [0.25, 0.3) is 0 Å². The minimum absolute atomic E-state index is 0.673. The van der Waals surface area contributed by atoms with Crippen LogP contribution in [-0.2, 0) is 11.8 Å². The Morgan fingerprint density at radius 3 is 2.69 bits per heavy atom. The average molecular weight is 183 g/mol. The molecule has 0 aliphatic heterocycles. The summed E-state index contributed by atoms with van der Waals surface area (Å²) < 4.78 is 1.61. The Bertz CT molecular complexity index is 319. The lowest BCUT2D eigenvalue weighted by Gasteiger charge is -2.08. The first-order valence-corrected chi connectivity index (χ1v) is 3.96. The van der Waals surface area contributed by atoms with Crippen LogP contribution in [0.3, 0.4) is 0 Å². The molecule has 1 rings (SSSR count). The maximum absolute atomic E-state index is 10.8. The SMILES string of the molecule is CNC(C(=O)O)c1cn(C)nc1C. The fourth-order valence-electron chi connectivity index (χ4n) is 1.31. The van der Waals surface area contributed by atoms with Crippen molar-refractivity contribution in [2.24, 2.45) is 7.05 Å². The van der Waals surface area contributed by atoms with Gasteiger partial charge in [-0.2, -0.15) is 5.10 Å². The fraction of sp³-hybridized carbons (Fsp3) is 0.500. The highest BCUT2D eigenvalue weighted by Crippen LogP contribution is 2.15. The molecule has 0 radical (unpaired) electrons. The zero-order chi connectivity index (χ0) is 10.0. The van der Waals surface area contributed by atoms with E-state index in [1.165, 1.54) is 0 Å². The molecule has 5 nitrogen and oxygen atoms in total. The van der Waals surface area contributed by atoms with Crippen molar-refractivity contribution in [3.63, 3.8) is 0 Å². The number of aryl methyl sites for hydroxylation is 2. The highest BCUT2D eigenvalue weighted by molar-refractivity contribution is 5.75. The molecule has 1 unspecified atom stereocenters. The lowest BCUT2D eigenvalue weighted by atomic mass is 10.1. The predicted octanol–water partition coefficient (Wildman–Crippen LogP) is 0.0736. The number of carboxylic acids is 1. The molecule has 0 aromatic carbocycles. The number of carboxylic acid groups (broad SMARTS) is 1. The second-order valence-corrected chi connectivity index (χ2v) is 2.90. The molecule has 0 amide bonds. The topological polar surface area (TPSA) is 67.2 Å². The van der Waals surface area contributed by atoms with Gasteiger partial charge in [0.1, 0.15) is 6.04 Å². The molecule has 0 bridgehead atoms. The van der Waals surface area contributed by atoms with E-state index in [0.717, 1.165) is 5.69 Å². The van der Waals surface area contributed by atoms with Crippen molar-refractivity contribution < 1.29 is 9.90 Å². The van der Waals surface area contributed by atoms with Crippen LogP contribution in [0.4, 0.5) is 0 Å². The van der Waals surface area contributed by atoms with Crippen LogP contribution in [0.2, 0.25) is 0 Å². The fourth-order valence-corrected chi connectivity index (χ4v) is 1.31. The second-order valence-electron chi connectivity index (χ2n) is 2.90. The van der Waals surface area contributed by atoms with E-state index in [2.05, 4.69) is 10.4 Å². The third-order valence-electron chi connectivity index (χ3n) is 1.90. The molecule has 0 aliphatic rings.